The van der Waals surface area contributed by atoms with Gasteiger partial charge in [-0.3, -0.25) is 0 Å². The van der Waals surface area contributed by atoms with Crippen molar-refractivity contribution in [1.29, 1.82) is 0 Å². The lowest BCUT2D eigenvalue weighted by Gasteiger charge is -1.74. The molecular weight excluding hydrogens is 112 g/mol. The highest BCUT2D eigenvalue weighted by atomic mass is 14.8. The Hall–Kier alpha value is -1.58. The second-order valence-electron chi connectivity index (χ2n) is 1.10. The summed E-state index contributed by atoms with van der Waals surface area (Å²) in [4.78, 5) is 0. The van der Waals surface area contributed by atoms with Crippen molar-refractivity contribution in [3.05, 3.63) is 30.8 Å². The summed E-state index contributed by atoms with van der Waals surface area (Å²) >= 11 is 0. The van der Waals surface area contributed by atoms with Crippen molar-refractivity contribution in [3.8, 4) is 12.0 Å². The van der Waals surface area contributed by atoms with E-state index in [9.17, 15) is 0 Å². The van der Waals surface area contributed by atoms with Crippen molar-refractivity contribution in [2.45, 2.75) is 0 Å². The first-order valence-electron chi connectivity index (χ1n) is 2.40. The number of allylic oxidation sites excluding steroid dienone is 1. The molecule has 2 nitrogen and oxygen atoms in total. The molecule has 0 aromatic carbocycles. The maximum absolute atomic E-state index is 4.97. The second-order valence-corrected chi connectivity index (χ2v) is 1.10. The van der Waals surface area contributed by atoms with Crippen LogP contribution in [-0.2, 0) is 0 Å². The molecule has 9 heavy (non-hydrogen) atoms. The summed E-state index contributed by atoms with van der Waals surface area (Å²) in [5.74, 6) is 2.58. The number of rotatable bonds is 1. The van der Waals surface area contributed by atoms with Gasteiger partial charge in [-0.1, -0.05) is 18.2 Å². The molecule has 0 unspecified atom stereocenters. The van der Waals surface area contributed by atoms with E-state index < -0.39 is 0 Å². The Morgan fingerprint density at radius 2 is 2.33 bits per heavy atom. The highest BCUT2D eigenvalue weighted by Gasteiger charge is 1.55. The van der Waals surface area contributed by atoms with Crippen LogP contribution in [0.3, 0.4) is 0 Å². The average Bonchev–Trinajstić information content (AvgIpc) is 1.89. The van der Waals surface area contributed by atoms with Crippen LogP contribution in [0.4, 0.5) is 0 Å². The number of hydrogen-bond acceptors (Lipinski definition) is 2. The van der Waals surface area contributed by atoms with E-state index in [2.05, 4.69) is 29.6 Å². The first-order chi connectivity index (χ1) is 4.41. The van der Waals surface area contributed by atoms with E-state index in [-0.39, 0.29) is 0 Å². The topological polar surface area (TPSA) is 38.0 Å². The van der Waals surface area contributed by atoms with E-state index in [1.807, 2.05) is 0 Å². The van der Waals surface area contributed by atoms with E-state index >= 15 is 0 Å². The number of nitrogens with one attached hydrogen (secondary N) is 1. The molecular formula is C7H8N2. The van der Waals surface area contributed by atoms with Crippen molar-refractivity contribution in [3.63, 3.8) is 0 Å². The minimum atomic E-state index is 1.29. The Kier molecular flexibility index (Phi) is 5.29. The Balaban J connectivity index is 3.52. The second kappa shape index (κ2) is 6.42. The van der Waals surface area contributed by atoms with Crippen LogP contribution in [0.2, 0.25) is 0 Å². The summed E-state index contributed by atoms with van der Waals surface area (Å²) in [5, 5.41) is 2.61. The lowest BCUT2D eigenvalue weighted by Crippen LogP contribution is -1.90. The third-order valence-corrected chi connectivity index (χ3v) is 0.498. The van der Waals surface area contributed by atoms with Gasteiger partial charge in [-0.15, -0.1) is 0 Å². The van der Waals surface area contributed by atoms with Crippen molar-refractivity contribution in [2.24, 2.45) is 5.73 Å². The van der Waals surface area contributed by atoms with Gasteiger partial charge >= 0.3 is 0 Å². The standard InChI is InChI=1S/C7H8N2/c1-2-3-6-9-7-4-5-8/h2,5,7,9H,1,8H2. The fourth-order valence-electron chi connectivity index (χ4n) is 0.219. The van der Waals surface area contributed by atoms with Crippen molar-refractivity contribution in [1.82, 2.24) is 5.32 Å². The van der Waals surface area contributed by atoms with Gasteiger partial charge in [-0.05, 0) is 6.08 Å². The molecule has 0 aliphatic rings. The zero-order valence-corrected chi connectivity index (χ0v) is 5.02. The summed E-state index contributed by atoms with van der Waals surface area (Å²) in [7, 11) is 0. The quantitative estimate of drug-likeness (QED) is 0.297. The van der Waals surface area contributed by atoms with Crippen molar-refractivity contribution < 1.29 is 0 Å². The zero-order chi connectivity index (χ0) is 6.95. The first-order valence-corrected chi connectivity index (χ1v) is 2.40. The Bertz CT molecular complexity index is 187. The summed E-state index contributed by atoms with van der Waals surface area (Å²) in [6.07, 6.45) is 4.30. The maximum atomic E-state index is 4.97. The molecule has 0 rings (SSSR count). The third kappa shape index (κ3) is 6.42. The lowest BCUT2D eigenvalue weighted by atomic mass is 10.6. The van der Waals surface area contributed by atoms with Gasteiger partial charge in [0.1, 0.15) is 0 Å². The molecule has 0 heterocycles. The average molecular weight is 120 g/mol. The van der Waals surface area contributed by atoms with Gasteiger partial charge in [0.25, 0.3) is 0 Å². The normalized spacial score (nSPS) is 5.33. The van der Waals surface area contributed by atoms with Crippen LogP contribution in [0.1, 0.15) is 0 Å². The molecule has 0 saturated heterocycles. The monoisotopic (exact) mass is 120 g/mol. The van der Waals surface area contributed by atoms with Gasteiger partial charge in [-0.25, -0.2) is 0 Å². The largest absolute Gasteiger partial charge is 0.398 e. The Morgan fingerprint density at radius 3 is 2.89 bits per heavy atom. The van der Waals surface area contributed by atoms with Crippen molar-refractivity contribution in [2.75, 3.05) is 0 Å². The van der Waals surface area contributed by atoms with E-state index in [0.717, 1.165) is 0 Å². The molecule has 0 aliphatic carbocycles. The molecule has 0 aromatic heterocycles. The molecule has 46 valence electrons. The molecule has 2 heteroatoms. The van der Waals surface area contributed by atoms with Gasteiger partial charge < -0.3 is 11.1 Å². The molecule has 0 radical (unpaired) electrons. The predicted molar refractivity (Wildman–Crippen MR) is 37.9 cm³/mol. The molecule has 0 amide bonds. The fraction of sp³-hybridized carbons (Fsp3) is 0. The van der Waals surface area contributed by atoms with Crippen LogP contribution < -0.4 is 11.1 Å². The first kappa shape index (κ1) is 7.42. The van der Waals surface area contributed by atoms with Crippen molar-refractivity contribution >= 4 is 0 Å². The SMILES string of the molecule is C=CC#CNC=C=CN. The van der Waals surface area contributed by atoms with Gasteiger partial charge in [0.05, 0.1) is 6.20 Å². The van der Waals surface area contributed by atoms with E-state index in [1.165, 1.54) is 18.5 Å². The minimum Gasteiger partial charge on any atom is -0.398 e. The highest BCUT2D eigenvalue weighted by Crippen LogP contribution is 1.55. The fourth-order valence-corrected chi connectivity index (χ4v) is 0.219. The van der Waals surface area contributed by atoms with Crippen LogP contribution in [-0.4, -0.2) is 0 Å². The number of hydrogen-bond donors (Lipinski definition) is 2. The van der Waals surface area contributed by atoms with Crippen LogP contribution >= 0.6 is 0 Å². The van der Waals surface area contributed by atoms with Gasteiger partial charge in [-0.2, -0.15) is 0 Å². The number of nitrogens with two attached hydrogens (primary N) is 1. The third-order valence-electron chi connectivity index (χ3n) is 0.498. The molecule has 0 aliphatic heterocycles. The summed E-state index contributed by atoms with van der Waals surface area (Å²) in [5.41, 5.74) is 7.55. The highest BCUT2D eigenvalue weighted by molar-refractivity contribution is 5.12. The maximum Gasteiger partial charge on any atom is 0.0531 e. The molecule has 0 spiro atoms. The van der Waals surface area contributed by atoms with Gasteiger partial charge in [0, 0.05) is 12.2 Å². The zero-order valence-electron chi connectivity index (χ0n) is 5.02. The molecule has 0 aromatic rings. The van der Waals surface area contributed by atoms with E-state index in [0.29, 0.717) is 0 Å². The molecule has 3 N–H and O–H groups in total. The smallest absolute Gasteiger partial charge is 0.0531 e. The van der Waals surface area contributed by atoms with Crippen LogP contribution in [0.5, 0.6) is 0 Å². The molecule has 0 atom stereocenters. The Morgan fingerprint density at radius 1 is 1.56 bits per heavy atom. The summed E-state index contributed by atoms with van der Waals surface area (Å²) in [6.45, 7) is 3.40. The summed E-state index contributed by atoms with van der Waals surface area (Å²) < 4.78 is 0. The Labute approximate surface area is 54.7 Å². The van der Waals surface area contributed by atoms with Crippen LogP contribution in [0.25, 0.3) is 0 Å². The molecule has 0 saturated carbocycles. The van der Waals surface area contributed by atoms with Crippen LogP contribution in [0, 0.1) is 12.0 Å². The lowest BCUT2D eigenvalue weighted by molar-refractivity contribution is 1.26. The molecule has 0 bridgehead atoms. The minimum absolute atomic E-state index is 1.29. The molecule has 0 fully saturated rings. The van der Waals surface area contributed by atoms with E-state index in [4.69, 9.17) is 5.73 Å². The predicted octanol–water partition coefficient (Wildman–Crippen LogP) is 0.308. The summed E-state index contributed by atoms with van der Waals surface area (Å²) in [6, 6.07) is 2.56. The van der Waals surface area contributed by atoms with Crippen LogP contribution in [0.15, 0.2) is 30.8 Å². The van der Waals surface area contributed by atoms with Gasteiger partial charge in [0.15, 0.2) is 0 Å². The van der Waals surface area contributed by atoms with Gasteiger partial charge in [0.2, 0.25) is 0 Å². The van der Waals surface area contributed by atoms with E-state index in [1.54, 1.807) is 0 Å².